The lowest BCUT2D eigenvalue weighted by Crippen LogP contribution is -2.13. The van der Waals surface area contributed by atoms with Crippen molar-refractivity contribution in [2.75, 3.05) is 6.61 Å². The van der Waals surface area contributed by atoms with E-state index in [0.29, 0.717) is 13.2 Å². The summed E-state index contributed by atoms with van der Waals surface area (Å²) in [6.07, 6.45) is 0. The molecule has 0 atom stereocenters. The van der Waals surface area contributed by atoms with E-state index >= 15 is 0 Å². The molecule has 2 heterocycles. The second-order valence-electron chi connectivity index (χ2n) is 6.21. The van der Waals surface area contributed by atoms with E-state index in [2.05, 4.69) is 16.7 Å². The number of nitrogens with zero attached hydrogens (tertiary/aromatic N) is 3. The minimum absolute atomic E-state index is 0.570. The van der Waals surface area contributed by atoms with Crippen molar-refractivity contribution < 1.29 is 4.74 Å². The molecule has 0 unspecified atom stereocenters. The van der Waals surface area contributed by atoms with Crippen LogP contribution in [-0.4, -0.2) is 21.1 Å². The highest BCUT2D eigenvalue weighted by Crippen LogP contribution is 2.32. The standard InChI is InChI=1S/C22H17N3O/c1-2-8-16(9-3-1)26-15-14-25-20-13-7-6-12-19(20)23-21-17-10-4-5-11-18(17)24-22(21)25/h1-13H,14-15H2. The topological polar surface area (TPSA) is 39.9 Å². The van der Waals surface area contributed by atoms with Crippen LogP contribution in [0.2, 0.25) is 0 Å². The molecule has 0 saturated carbocycles. The SMILES string of the molecule is c1ccc(OCCn2c3nc4ccccc4c-3nc3ccccc32)cc1. The fourth-order valence-electron chi connectivity index (χ4n) is 3.38. The Bertz CT molecular complexity index is 1160. The van der Waals surface area contributed by atoms with Crippen LogP contribution in [0.25, 0.3) is 33.5 Å². The first-order chi connectivity index (χ1) is 12.9. The van der Waals surface area contributed by atoms with Crippen LogP contribution < -0.4 is 4.74 Å². The Morgan fingerprint density at radius 2 is 1.46 bits per heavy atom. The van der Waals surface area contributed by atoms with Gasteiger partial charge in [0.05, 0.1) is 23.1 Å². The minimum Gasteiger partial charge on any atom is -0.492 e. The molecule has 5 rings (SSSR count). The van der Waals surface area contributed by atoms with Gasteiger partial charge in [0.1, 0.15) is 18.1 Å². The lowest BCUT2D eigenvalue weighted by Gasteiger charge is -2.15. The molecule has 3 aromatic rings. The largest absolute Gasteiger partial charge is 0.492 e. The van der Waals surface area contributed by atoms with E-state index in [9.17, 15) is 0 Å². The molecule has 126 valence electrons. The van der Waals surface area contributed by atoms with E-state index in [4.69, 9.17) is 14.7 Å². The van der Waals surface area contributed by atoms with E-state index in [0.717, 1.165) is 39.2 Å². The van der Waals surface area contributed by atoms with Gasteiger partial charge in [-0.3, -0.25) is 0 Å². The average Bonchev–Trinajstić information content (AvgIpc) is 3.07. The average molecular weight is 339 g/mol. The molecule has 0 fully saturated rings. The molecule has 4 heteroatoms. The van der Waals surface area contributed by atoms with E-state index in [1.165, 1.54) is 0 Å². The van der Waals surface area contributed by atoms with Crippen molar-refractivity contribution in [1.29, 1.82) is 0 Å². The lowest BCUT2D eigenvalue weighted by molar-refractivity contribution is 0.300. The predicted molar refractivity (Wildman–Crippen MR) is 104 cm³/mol. The summed E-state index contributed by atoms with van der Waals surface area (Å²) in [7, 11) is 0. The third kappa shape index (κ3) is 2.47. The van der Waals surface area contributed by atoms with Crippen molar-refractivity contribution in [2.45, 2.75) is 6.54 Å². The Morgan fingerprint density at radius 1 is 0.731 bits per heavy atom. The molecule has 0 bridgehead atoms. The van der Waals surface area contributed by atoms with Crippen LogP contribution in [0.1, 0.15) is 0 Å². The van der Waals surface area contributed by atoms with Gasteiger partial charge < -0.3 is 9.30 Å². The Balaban J connectivity index is 1.60. The normalized spacial score (nSPS) is 11.4. The first-order valence-corrected chi connectivity index (χ1v) is 8.72. The van der Waals surface area contributed by atoms with Crippen molar-refractivity contribution in [3.8, 4) is 17.3 Å². The zero-order valence-corrected chi connectivity index (χ0v) is 14.2. The number of ether oxygens (including phenoxy) is 1. The van der Waals surface area contributed by atoms with Crippen LogP contribution in [0.5, 0.6) is 5.75 Å². The highest BCUT2D eigenvalue weighted by atomic mass is 16.5. The van der Waals surface area contributed by atoms with Gasteiger partial charge in [-0.15, -0.1) is 0 Å². The summed E-state index contributed by atoms with van der Waals surface area (Å²) in [6, 6.07) is 26.2. The number of para-hydroxylation sites is 4. The van der Waals surface area contributed by atoms with Crippen LogP contribution in [0.3, 0.4) is 0 Å². The van der Waals surface area contributed by atoms with Crippen molar-refractivity contribution >= 4 is 21.9 Å². The maximum Gasteiger partial charge on any atom is 0.160 e. The van der Waals surface area contributed by atoms with E-state index < -0.39 is 0 Å². The van der Waals surface area contributed by atoms with Gasteiger partial charge in [-0.2, -0.15) is 0 Å². The number of benzene rings is 3. The summed E-state index contributed by atoms with van der Waals surface area (Å²) in [5.74, 6) is 1.78. The lowest BCUT2D eigenvalue weighted by atomic mass is 10.2. The monoisotopic (exact) mass is 339 g/mol. The third-order valence-electron chi connectivity index (χ3n) is 4.58. The maximum atomic E-state index is 5.91. The molecular weight excluding hydrogens is 322 g/mol. The number of hydrogen-bond donors (Lipinski definition) is 0. The van der Waals surface area contributed by atoms with E-state index in [-0.39, 0.29) is 0 Å². The Hall–Kier alpha value is -3.40. The molecule has 2 aliphatic rings. The van der Waals surface area contributed by atoms with Crippen molar-refractivity contribution in [3.63, 3.8) is 0 Å². The summed E-state index contributed by atoms with van der Waals surface area (Å²) in [5.41, 5.74) is 3.96. The van der Waals surface area contributed by atoms with Crippen LogP contribution in [0.4, 0.5) is 0 Å². The highest BCUT2D eigenvalue weighted by Gasteiger charge is 2.19. The number of aromatic nitrogens is 3. The van der Waals surface area contributed by atoms with Gasteiger partial charge in [0, 0.05) is 5.39 Å². The van der Waals surface area contributed by atoms with Crippen molar-refractivity contribution in [2.24, 2.45) is 0 Å². The second kappa shape index (κ2) is 6.15. The second-order valence-corrected chi connectivity index (χ2v) is 6.21. The van der Waals surface area contributed by atoms with Gasteiger partial charge in [0.2, 0.25) is 0 Å². The minimum atomic E-state index is 0.570. The van der Waals surface area contributed by atoms with Gasteiger partial charge in [-0.1, -0.05) is 48.5 Å². The summed E-state index contributed by atoms with van der Waals surface area (Å²) < 4.78 is 8.12. The molecule has 0 aromatic heterocycles. The van der Waals surface area contributed by atoms with Gasteiger partial charge >= 0.3 is 0 Å². The fourth-order valence-corrected chi connectivity index (χ4v) is 3.38. The molecule has 0 amide bonds. The van der Waals surface area contributed by atoms with Crippen LogP contribution in [0.15, 0.2) is 78.9 Å². The predicted octanol–water partition coefficient (Wildman–Crippen LogP) is 4.77. The first kappa shape index (κ1) is 14.9. The number of fused-ring (bicyclic) bond motifs is 4. The Morgan fingerprint density at radius 3 is 2.35 bits per heavy atom. The summed E-state index contributed by atoms with van der Waals surface area (Å²) in [4.78, 5) is 9.70. The van der Waals surface area contributed by atoms with Gasteiger partial charge in [-0.05, 0) is 30.3 Å². The molecule has 4 nitrogen and oxygen atoms in total. The molecule has 3 aromatic carbocycles. The zero-order valence-electron chi connectivity index (χ0n) is 14.2. The maximum absolute atomic E-state index is 5.91. The van der Waals surface area contributed by atoms with Crippen LogP contribution in [0, 0.1) is 0 Å². The molecule has 26 heavy (non-hydrogen) atoms. The quantitative estimate of drug-likeness (QED) is 0.473. The number of hydrogen-bond acceptors (Lipinski definition) is 3. The van der Waals surface area contributed by atoms with E-state index in [1.807, 2.05) is 66.7 Å². The van der Waals surface area contributed by atoms with Gasteiger partial charge in [0.15, 0.2) is 5.82 Å². The summed E-state index contributed by atoms with van der Waals surface area (Å²) >= 11 is 0. The molecule has 0 aliphatic carbocycles. The van der Waals surface area contributed by atoms with Crippen LogP contribution in [-0.2, 0) is 6.54 Å². The molecule has 0 N–H and O–H groups in total. The smallest absolute Gasteiger partial charge is 0.160 e. The molecule has 0 saturated heterocycles. The summed E-state index contributed by atoms with van der Waals surface area (Å²) in [6.45, 7) is 1.28. The van der Waals surface area contributed by atoms with Crippen LogP contribution >= 0.6 is 0 Å². The van der Waals surface area contributed by atoms with Crippen molar-refractivity contribution in [1.82, 2.24) is 14.5 Å². The molecular formula is C22H17N3O. The Kier molecular flexibility index (Phi) is 3.53. The summed E-state index contributed by atoms with van der Waals surface area (Å²) in [5, 5.41) is 1.09. The van der Waals surface area contributed by atoms with Gasteiger partial charge in [-0.25, -0.2) is 9.97 Å². The first-order valence-electron chi connectivity index (χ1n) is 8.72. The molecule has 0 spiro atoms. The third-order valence-corrected chi connectivity index (χ3v) is 4.58. The zero-order chi connectivity index (χ0) is 17.3. The Labute approximate surface area is 151 Å². The molecule has 0 radical (unpaired) electrons. The fraction of sp³-hybridized carbons (Fsp3) is 0.0909. The molecule has 2 aliphatic heterocycles. The highest BCUT2D eigenvalue weighted by molar-refractivity contribution is 5.97. The van der Waals surface area contributed by atoms with Gasteiger partial charge in [0.25, 0.3) is 0 Å². The number of rotatable bonds is 4. The van der Waals surface area contributed by atoms with E-state index in [1.54, 1.807) is 0 Å². The van der Waals surface area contributed by atoms with Crippen molar-refractivity contribution in [3.05, 3.63) is 78.9 Å².